The molecule has 3 rings (SSSR count). The summed E-state index contributed by atoms with van der Waals surface area (Å²) in [4.78, 5) is 19.8. The van der Waals surface area contributed by atoms with E-state index in [1.54, 1.807) is 0 Å². The molecule has 0 saturated carbocycles. The lowest BCUT2D eigenvalue weighted by molar-refractivity contribution is -0.115. The molecule has 0 aliphatic carbocycles. The first-order chi connectivity index (χ1) is 11.1. The molecular formula is C14H9ClFN5O2. The predicted molar refractivity (Wildman–Crippen MR) is 79.1 cm³/mol. The van der Waals surface area contributed by atoms with Crippen LogP contribution in [0.4, 0.5) is 10.1 Å². The van der Waals surface area contributed by atoms with Crippen LogP contribution in [0.2, 0.25) is 5.02 Å². The van der Waals surface area contributed by atoms with Crippen molar-refractivity contribution in [3.05, 3.63) is 53.5 Å². The van der Waals surface area contributed by atoms with E-state index >= 15 is 0 Å². The number of halogens is 2. The molecule has 0 atom stereocenters. The van der Waals surface area contributed by atoms with Crippen molar-refractivity contribution in [2.45, 2.75) is 6.42 Å². The van der Waals surface area contributed by atoms with Crippen molar-refractivity contribution in [2.24, 2.45) is 0 Å². The van der Waals surface area contributed by atoms with Gasteiger partial charge in [-0.2, -0.15) is 0 Å². The van der Waals surface area contributed by atoms with E-state index in [0.717, 1.165) is 6.07 Å². The molecule has 3 aromatic rings. The highest BCUT2D eigenvalue weighted by Crippen LogP contribution is 2.19. The third-order valence-electron chi connectivity index (χ3n) is 2.76. The molecule has 0 aliphatic heterocycles. The number of rotatable bonds is 4. The Morgan fingerprint density at radius 1 is 1.30 bits per heavy atom. The molecule has 23 heavy (non-hydrogen) atoms. The van der Waals surface area contributed by atoms with Crippen LogP contribution in [0, 0.1) is 5.82 Å². The lowest BCUT2D eigenvalue weighted by Gasteiger charge is -2.04. The summed E-state index contributed by atoms with van der Waals surface area (Å²) in [6, 6.07) is 3.96. The molecule has 0 bridgehead atoms. The summed E-state index contributed by atoms with van der Waals surface area (Å²) in [7, 11) is 0. The summed E-state index contributed by atoms with van der Waals surface area (Å²) in [6.07, 6.45) is 4.31. The van der Waals surface area contributed by atoms with E-state index in [-0.39, 0.29) is 28.9 Å². The second kappa shape index (κ2) is 6.49. The first-order valence-corrected chi connectivity index (χ1v) is 6.83. The molecule has 1 aromatic carbocycles. The normalized spacial score (nSPS) is 10.5. The van der Waals surface area contributed by atoms with Gasteiger partial charge in [-0.1, -0.05) is 11.6 Å². The Balaban J connectivity index is 1.66. The second-order valence-corrected chi connectivity index (χ2v) is 4.85. The summed E-state index contributed by atoms with van der Waals surface area (Å²) in [5.74, 6) is -0.774. The van der Waals surface area contributed by atoms with Crippen molar-refractivity contribution < 1.29 is 13.6 Å². The molecule has 2 heterocycles. The summed E-state index contributed by atoms with van der Waals surface area (Å²) < 4.78 is 18.7. The molecule has 0 saturated heterocycles. The van der Waals surface area contributed by atoms with Crippen LogP contribution in [-0.4, -0.2) is 26.1 Å². The minimum atomic E-state index is -0.618. The first-order valence-electron chi connectivity index (χ1n) is 6.45. The van der Waals surface area contributed by atoms with E-state index < -0.39 is 11.7 Å². The zero-order valence-corrected chi connectivity index (χ0v) is 12.3. The maximum absolute atomic E-state index is 13.3. The molecule has 116 valence electrons. The monoisotopic (exact) mass is 333 g/mol. The molecule has 0 fully saturated rings. The highest BCUT2D eigenvalue weighted by atomic mass is 35.5. The lowest BCUT2D eigenvalue weighted by Crippen LogP contribution is -2.14. The van der Waals surface area contributed by atoms with Crippen molar-refractivity contribution in [3.8, 4) is 11.6 Å². The predicted octanol–water partition coefficient (Wildman–Crippen LogP) is 2.50. The topological polar surface area (TPSA) is 93.8 Å². The molecule has 0 unspecified atom stereocenters. The molecule has 0 radical (unpaired) electrons. The molecule has 0 aliphatic rings. The molecule has 1 N–H and O–H groups in total. The van der Waals surface area contributed by atoms with E-state index in [0.29, 0.717) is 5.69 Å². The molecule has 2 aromatic heterocycles. The van der Waals surface area contributed by atoms with Gasteiger partial charge in [-0.25, -0.2) is 9.37 Å². The van der Waals surface area contributed by atoms with Crippen LogP contribution in [0.15, 0.2) is 41.2 Å². The molecule has 0 spiro atoms. The Morgan fingerprint density at radius 2 is 2.17 bits per heavy atom. The van der Waals surface area contributed by atoms with Crippen LogP contribution in [0.5, 0.6) is 0 Å². The number of carbonyl (C=O) groups is 1. The standard InChI is InChI=1S/C14H9ClFN5O2/c15-9-2-1-8(5-10(9)16)19-12(22)6-13-20-21-14(23-13)11-7-17-3-4-18-11/h1-5,7H,6H2,(H,19,22). The molecule has 1 amide bonds. The summed E-state index contributed by atoms with van der Waals surface area (Å²) in [6.45, 7) is 0. The van der Waals surface area contributed by atoms with E-state index in [9.17, 15) is 9.18 Å². The van der Waals surface area contributed by atoms with Crippen LogP contribution in [-0.2, 0) is 11.2 Å². The smallest absolute Gasteiger partial charge is 0.267 e. The van der Waals surface area contributed by atoms with Crippen LogP contribution in [0.25, 0.3) is 11.6 Å². The molecule has 7 nitrogen and oxygen atoms in total. The maximum atomic E-state index is 13.3. The second-order valence-electron chi connectivity index (χ2n) is 4.45. The van der Waals surface area contributed by atoms with E-state index in [4.69, 9.17) is 16.0 Å². The number of nitrogens with one attached hydrogen (secondary N) is 1. The summed E-state index contributed by atoms with van der Waals surface area (Å²) in [5.41, 5.74) is 0.692. The Morgan fingerprint density at radius 3 is 2.91 bits per heavy atom. The van der Waals surface area contributed by atoms with Crippen molar-refractivity contribution in [3.63, 3.8) is 0 Å². The number of carbonyl (C=O) groups excluding carboxylic acids is 1. The van der Waals surface area contributed by atoms with E-state index in [2.05, 4.69) is 25.5 Å². The fourth-order valence-electron chi connectivity index (χ4n) is 1.75. The van der Waals surface area contributed by atoms with Gasteiger partial charge in [0.05, 0.1) is 11.2 Å². The number of anilines is 1. The number of amides is 1. The van der Waals surface area contributed by atoms with Crippen LogP contribution >= 0.6 is 11.6 Å². The fourth-order valence-corrected chi connectivity index (χ4v) is 1.87. The summed E-state index contributed by atoms with van der Waals surface area (Å²) >= 11 is 5.58. The largest absolute Gasteiger partial charge is 0.419 e. The van der Waals surface area contributed by atoms with Gasteiger partial charge in [0.2, 0.25) is 11.8 Å². The third-order valence-corrected chi connectivity index (χ3v) is 3.07. The SMILES string of the molecule is O=C(Cc1nnc(-c2cnccn2)o1)Nc1ccc(Cl)c(F)c1. The van der Waals surface area contributed by atoms with Gasteiger partial charge in [-0.3, -0.25) is 9.78 Å². The van der Waals surface area contributed by atoms with Gasteiger partial charge in [0, 0.05) is 18.1 Å². The minimum absolute atomic E-state index is 0.0199. The zero-order valence-electron chi connectivity index (χ0n) is 11.5. The first kappa shape index (κ1) is 15.0. The quantitative estimate of drug-likeness (QED) is 0.788. The van der Waals surface area contributed by atoms with Crippen LogP contribution in [0.1, 0.15) is 5.89 Å². The third kappa shape index (κ3) is 3.67. The zero-order chi connectivity index (χ0) is 16.2. The van der Waals surface area contributed by atoms with Crippen molar-refractivity contribution in [1.82, 2.24) is 20.2 Å². The molecule has 9 heteroatoms. The van der Waals surface area contributed by atoms with E-state index in [1.165, 1.54) is 30.7 Å². The highest BCUT2D eigenvalue weighted by molar-refractivity contribution is 6.30. The summed E-state index contributed by atoms with van der Waals surface area (Å²) in [5, 5.41) is 10.1. The van der Waals surface area contributed by atoms with Crippen molar-refractivity contribution in [1.29, 1.82) is 0 Å². The number of hydrogen-bond acceptors (Lipinski definition) is 6. The van der Waals surface area contributed by atoms with E-state index in [1.807, 2.05) is 0 Å². The Kier molecular flexibility index (Phi) is 4.24. The number of aromatic nitrogens is 4. The van der Waals surface area contributed by atoms with Crippen LogP contribution in [0.3, 0.4) is 0 Å². The van der Waals surface area contributed by atoms with Gasteiger partial charge < -0.3 is 9.73 Å². The van der Waals surface area contributed by atoms with Gasteiger partial charge in [0.15, 0.2) is 0 Å². The van der Waals surface area contributed by atoms with Gasteiger partial charge >= 0.3 is 0 Å². The number of benzene rings is 1. The fraction of sp³-hybridized carbons (Fsp3) is 0.0714. The lowest BCUT2D eigenvalue weighted by atomic mass is 10.3. The minimum Gasteiger partial charge on any atom is -0.419 e. The van der Waals surface area contributed by atoms with Gasteiger partial charge in [0.25, 0.3) is 5.89 Å². The number of nitrogens with zero attached hydrogens (tertiary/aromatic N) is 4. The van der Waals surface area contributed by atoms with Gasteiger partial charge in [-0.15, -0.1) is 10.2 Å². The Labute approximate surface area is 134 Å². The molecular weight excluding hydrogens is 325 g/mol. The average molecular weight is 334 g/mol. The number of hydrogen-bond donors (Lipinski definition) is 1. The van der Waals surface area contributed by atoms with Gasteiger partial charge in [0.1, 0.15) is 17.9 Å². The Bertz CT molecular complexity index is 840. The Hall–Kier alpha value is -2.87. The van der Waals surface area contributed by atoms with Crippen molar-refractivity contribution >= 4 is 23.2 Å². The average Bonchev–Trinajstić information content (AvgIpc) is 3.00. The van der Waals surface area contributed by atoms with Crippen molar-refractivity contribution in [2.75, 3.05) is 5.32 Å². The van der Waals surface area contributed by atoms with Crippen LogP contribution < -0.4 is 5.32 Å². The highest BCUT2D eigenvalue weighted by Gasteiger charge is 2.14. The maximum Gasteiger partial charge on any atom is 0.267 e. The van der Waals surface area contributed by atoms with Gasteiger partial charge in [-0.05, 0) is 18.2 Å².